The normalized spacial score (nSPS) is 14.1. The predicted octanol–water partition coefficient (Wildman–Crippen LogP) is 2.67. The summed E-state index contributed by atoms with van der Waals surface area (Å²) in [5, 5.41) is 5.14. The Morgan fingerprint density at radius 1 is 0.815 bits per heavy atom. The van der Waals surface area contributed by atoms with E-state index in [1.165, 1.54) is 28.7 Å². The third-order valence-electron chi connectivity index (χ3n) is 5.74. The number of hydrogen-bond acceptors (Lipinski definition) is 4. The predicted molar refractivity (Wildman–Crippen MR) is 102 cm³/mol. The lowest BCUT2D eigenvalue weighted by Gasteiger charge is -2.22. The number of amides is 2. The third-order valence-corrected chi connectivity index (χ3v) is 6.65. The molecule has 142 valence electrons. The molecule has 1 heterocycles. The van der Waals surface area contributed by atoms with Crippen molar-refractivity contribution in [3.63, 3.8) is 0 Å². The molecule has 1 aliphatic heterocycles. The van der Waals surface area contributed by atoms with Crippen LogP contribution >= 0.6 is 0 Å². The van der Waals surface area contributed by atoms with E-state index in [0.717, 1.165) is 27.8 Å². The smallest absolute Gasteiger partial charge is 0.261 e. The maximum atomic E-state index is 12.8. The maximum absolute atomic E-state index is 12.8. The summed E-state index contributed by atoms with van der Waals surface area (Å²) >= 11 is 0. The highest BCUT2D eigenvalue weighted by molar-refractivity contribution is 7.89. The van der Waals surface area contributed by atoms with Crippen molar-refractivity contribution in [2.24, 2.45) is 5.14 Å². The van der Waals surface area contributed by atoms with Crippen LogP contribution in [0.5, 0.6) is 0 Å². The summed E-state index contributed by atoms with van der Waals surface area (Å²) in [6, 6.07) is 3.77. The van der Waals surface area contributed by atoms with Gasteiger partial charge in [0.2, 0.25) is 10.0 Å². The Kier molecular flexibility index (Phi) is 4.48. The summed E-state index contributed by atoms with van der Waals surface area (Å²) in [5.41, 5.74) is 6.80. The molecule has 0 aliphatic carbocycles. The highest BCUT2D eigenvalue weighted by atomic mass is 32.2. The van der Waals surface area contributed by atoms with E-state index in [2.05, 4.69) is 6.92 Å². The Morgan fingerprint density at radius 3 is 1.81 bits per heavy atom. The molecule has 27 heavy (non-hydrogen) atoms. The van der Waals surface area contributed by atoms with Crippen LogP contribution in [0.25, 0.3) is 0 Å². The van der Waals surface area contributed by atoms with E-state index < -0.39 is 21.8 Å². The largest absolute Gasteiger partial charge is 0.270 e. The van der Waals surface area contributed by atoms with E-state index >= 15 is 0 Å². The van der Waals surface area contributed by atoms with Crippen LogP contribution in [0.4, 0.5) is 0 Å². The molecule has 0 saturated carbocycles. The second kappa shape index (κ2) is 6.28. The first kappa shape index (κ1) is 19.3. The molecule has 2 amide bonds. The molecule has 2 N–H and O–H groups in total. The third kappa shape index (κ3) is 2.96. The maximum Gasteiger partial charge on any atom is 0.261 e. The minimum absolute atomic E-state index is 0.0717. The molecule has 0 atom stereocenters. The van der Waals surface area contributed by atoms with Crippen molar-refractivity contribution in [1.82, 2.24) is 4.90 Å². The van der Waals surface area contributed by atoms with E-state index in [9.17, 15) is 18.0 Å². The van der Waals surface area contributed by atoms with Gasteiger partial charge in [-0.2, -0.15) is 0 Å². The zero-order chi connectivity index (χ0) is 20.3. The molecular weight excluding hydrogens is 364 g/mol. The number of carbonyl (C=O) groups is 2. The molecule has 1 aliphatic rings. The van der Waals surface area contributed by atoms with E-state index in [1.54, 1.807) is 0 Å². The summed E-state index contributed by atoms with van der Waals surface area (Å²) in [6.45, 7) is 10.2. The van der Waals surface area contributed by atoms with Gasteiger partial charge in [-0.3, -0.25) is 14.5 Å². The van der Waals surface area contributed by atoms with Crippen LogP contribution in [-0.4, -0.2) is 25.1 Å². The molecule has 2 aromatic rings. The fourth-order valence-corrected chi connectivity index (χ4v) is 4.10. The number of primary sulfonamides is 1. The molecule has 0 saturated heterocycles. The highest BCUT2D eigenvalue weighted by Crippen LogP contribution is 2.31. The summed E-state index contributed by atoms with van der Waals surface area (Å²) < 4.78 is 23.1. The molecule has 0 fully saturated rings. The van der Waals surface area contributed by atoms with Gasteiger partial charge < -0.3 is 0 Å². The van der Waals surface area contributed by atoms with Crippen molar-refractivity contribution in [2.75, 3.05) is 0 Å². The second-order valence-corrected chi connectivity index (χ2v) is 8.61. The number of nitrogens with zero attached hydrogens (tertiary/aromatic N) is 1. The van der Waals surface area contributed by atoms with Crippen molar-refractivity contribution in [3.05, 3.63) is 62.7 Å². The van der Waals surface area contributed by atoms with Gasteiger partial charge in [0.15, 0.2) is 0 Å². The fraction of sp³-hybridized carbons (Fsp3) is 0.300. The lowest BCUT2D eigenvalue weighted by molar-refractivity contribution is 0.0642. The molecule has 0 bridgehead atoms. The van der Waals surface area contributed by atoms with E-state index in [0.29, 0.717) is 0 Å². The summed E-state index contributed by atoms with van der Waals surface area (Å²) in [4.78, 5) is 26.6. The first-order chi connectivity index (χ1) is 12.4. The first-order valence-electron chi connectivity index (χ1n) is 8.54. The van der Waals surface area contributed by atoms with Gasteiger partial charge in [0, 0.05) is 0 Å². The number of hydrogen-bond donors (Lipinski definition) is 1. The standard InChI is InChI=1S/C20H22N2O4S/c1-10-11(2)13(4)18(14(5)12(10)3)9-22-19(23)16-7-6-15(27(21,25)26)8-17(16)20(22)24/h6-8H,9H2,1-5H3,(H2,21,25,26). The van der Waals surface area contributed by atoms with E-state index in [1.807, 2.05) is 27.7 Å². The molecule has 7 heteroatoms. The number of fused-ring (bicyclic) bond motifs is 1. The lowest BCUT2D eigenvalue weighted by atomic mass is 9.89. The van der Waals surface area contributed by atoms with Crippen LogP contribution in [0.15, 0.2) is 23.1 Å². The Balaban J connectivity index is 2.06. The SMILES string of the molecule is Cc1c(C)c(C)c(CN2C(=O)c3ccc(S(N)(=O)=O)cc3C2=O)c(C)c1C. The molecule has 2 aromatic carbocycles. The van der Waals surface area contributed by atoms with Crippen LogP contribution in [0, 0.1) is 34.6 Å². The van der Waals surface area contributed by atoms with Crippen LogP contribution in [0.2, 0.25) is 0 Å². The van der Waals surface area contributed by atoms with Gasteiger partial charge in [-0.1, -0.05) is 0 Å². The Hall–Kier alpha value is -2.51. The van der Waals surface area contributed by atoms with Crippen LogP contribution in [0.3, 0.4) is 0 Å². The molecule has 0 aromatic heterocycles. The van der Waals surface area contributed by atoms with Crippen LogP contribution < -0.4 is 5.14 Å². The molecule has 0 spiro atoms. The van der Waals surface area contributed by atoms with Gasteiger partial charge in [-0.05, 0) is 86.2 Å². The Bertz CT molecular complexity index is 1090. The van der Waals surface area contributed by atoms with Crippen molar-refractivity contribution >= 4 is 21.8 Å². The number of benzene rings is 2. The molecule has 0 radical (unpaired) electrons. The van der Waals surface area contributed by atoms with Crippen molar-refractivity contribution in [3.8, 4) is 0 Å². The van der Waals surface area contributed by atoms with Crippen LogP contribution in [0.1, 0.15) is 54.1 Å². The molecular formula is C20H22N2O4S. The first-order valence-corrected chi connectivity index (χ1v) is 10.1. The quantitative estimate of drug-likeness (QED) is 0.820. The van der Waals surface area contributed by atoms with Crippen LogP contribution in [-0.2, 0) is 16.6 Å². The number of rotatable bonds is 3. The van der Waals surface area contributed by atoms with Gasteiger partial charge in [-0.25, -0.2) is 13.6 Å². The van der Waals surface area contributed by atoms with E-state index in [4.69, 9.17) is 5.14 Å². The number of sulfonamides is 1. The van der Waals surface area contributed by atoms with Gasteiger partial charge in [0.05, 0.1) is 22.6 Å². The summed E-state index contributed by atoms with van der Waals surface area (Å²) in [6.07, 6.45) is 0. The van der Waals surface area contributed by atoms with Crippen molar-refractivity contribution in [2.45, 2.75) is 46.1 Å². The van der Waals surface area contributed by atoms with Crippen molar-refractivity contribution < 1.29 is 18.0 Å². The van der Waals surface area contributed by atoms with E-state index in [-0.39, 0.29) is 22.6 Å². The minimum atomic E-state index is -3.95. The highest BCUT2D eigenvalue weighted by Gasteiger charge is 2.37. The summed E-state index contributed by atoms with van der Waals surface area (Å²) in [7, 11) is -3.95. The summed E-state index contributed by atoms with van der Waals surface area (Å²) in [5.74, 6) is -0.930. The van der Waals surface area contributed by atoms with Crippen molar-refractivity contribution in [1.29, 1.82) is 0 Å². The molecule has 3 rings (SSSR count). The van der Waals surface area contributed by atoms with Gasteiger partial charge in [-0.15, -0.1) is 0 Å². The zero-order valence-corrected chi connectivity index (χ0v) is 16.8. The number of carbonyl (C=O) groups excluding carboxylic acids is 2. The second-order valence-electron chi connectivity index (χ2n) is 7.05. The van der Waals surface area contributed by atoms with Gasteiger partial charge in [0.25, 0.3) is 11.8 Å². The minimum Gasteiger partial charge on any atom is -0.270 e. The topological polar surface area (TPSA) is 97.5 Å². The Morgan fingerprint density at radius 2 is 1.30 bits per heavy atom. The molecule has 6 nitrogen and oxygen atoms in total. The molecule has 0 unspecified atom stereocenters. The number of imide groups is 1. The fourth-order valence-electron chi connectivity index (χ4n) is 3.56. The average Bonchev–Trinajstić information content (AvgIpc) is 2.85. The Labute approximate surface area is 159 Å². The average molecular weight is 386 g/mol. The number of nitrogens with two attached hydrogens (primary N) is 1. The lowest BCUT2D eigenvalue weighted by Crippen LogP contribution is -2.30. The monoisotopic (exact) mass is 386 g/mol. The zero-order valence-electron chi connectivity index (χ0n) is 16.0. The van der Waals surface area contributed by atoms with Gasteiger partial charge in [0.1, 0.15) is 0 Å². The van der Waals surface area contributed by atoms with Gasteiger partial charge >= 0.3 is 0 Å².